The Morgan fingerprint density at radius 1 is 1.15 bits per heavy atom. The van der Waals surface area contributed by atoms with Gasteiger partial charge in [-0.2, -0.15) is 5.26 Å². The lowest BCUT2D eigenvalue weighted by Crippen LogP contribution is -2.52. The maximum absolute atomic E-state index is 12.3. The molecule has 2 rings (SSSR count). The lowest BCUT2D eigenvalue weighted by Gasteiger charge is -2.35. The van der Waals surface area contributed by atoms with E-state index in [4.69, 9.17) is 10.00 Å². The van der Waals surface area contributed by atoms with Gasteiger partial charge in [0, 0.05) is 39.3 Å². The van der Waals surface area contributed by atoms with Crippen LogP contribution in [0.1, 0.15) is 19.4 Å². The molecule has 0 aliphatic carbocycles. The highest BCUT2D eigenvalue weighted by atomic mass is 16.5. The summed E-state index contributed by atoms with van der Waals surface area (Å²) in [4.78, 5) is 30.1. The van der Waals surface area contributed by atoms with E-state index in [1.807, 2.05) is 24.8 Å². The summed E-state index contributed by atoms with van der Waals surface area (Å²) in [5, 5.41) is 9.05. The van der Waals surface area contributed by atoms with Crippen LogP contribution in [-0.4, -0.2) is 78.9 Å². The molecule has 1 aliphatic heterocycles. The van der Waals surface area contributed by atoms with Gasteiger partial charge < -0.3 is 14.5 Å². The number of para-hydroxylation sites is 1. The second kappa shape index (κ2) is 9.78. The number of hydrogen-bond donors (Lipinski definition) is 0. The number of likely N-dealkylation sites (N-methyl/N-ethyl adjacent to an activating group) is 1. The van der Waals surface area contributed by atoms with E-state index in [9.17, 15) is 9.59 Å². The van der Waals surface area contributed by atoms with Gasteiger partial charge in [-0.3, -0.25) is 14.5 Å². The van der Waals surface area contributed by atoms with Crippen molar-refractivity contribution < 1.29 is 14.3 Å². The largest absolute Gasteiger partial charge is 0.482 e. The number of carbonyl (C=O) groups excluding carboxylic acids is 2. The van der Waals surface area contributed by atoms with Crippen molar-refractivity contribution in [3.8, 4) is 11.8 Å². The van der Waals surface area contributed by atoms with Crippen molar-refractivity contribution in [1.82, 2.24) is 14.7 Å². The average Bonchev–Trinajstić information content (AvgIpc) is 2.67. The van der Waals surface area contributed by atoms with Crippen LogP contribution in [0.25, 0.3) is 0 Å². The number of benzene rings is 1. The number of hydrogen-bond acceptors (Lipinski definition) is 5. The Hall–Kier alpha value is -2.59. The fourth-order valence-corrected chi connectivity index (χ4v) is 2.94. The van der Waals surface area contributed by atoms with Crippen LogP contribution in [0.15, 0.2) is 24.3 Å². The first-order valence-electron chi connectivity index (χ1n) is 8.98. The number of piperazine rings is 1. The minimum Gasteiger partial charge on any atom is -0.482 e. The number of rotatable bonds is 7. The van der Waals surface area contributed by atoms with Crippen LogP contribution in [0.4, 0.5) is 0 Å². The standard InChI is InChI=1S/C19H26N4O3/c1-3-22(4-2)18(24)14-21-9-11-23(12-10-21)19(25)15-26-17-8-6-5-7-16(17)13-20/h5-8H,3-4,9-12,14-15H2,1-2H3. The summed E-state index contributed by atoms with van der Waals surface area (Å²) in [5.74, 6) is 0.450. The first-order chi connectivity index (χ1) is 12.6. The maximum atomic E-state index is 12.3. The molecule has 2 amide bonds. The third kappa shape index (κ3) is 5.20. The van der Waals surface area contributed by atoms with Gasteiger partial charge in [0.05, 0.1) is 12.1 Å². The molecule has 7 nitrogen and oxygen atoms in total. The fraction of sp³-hybridized carbons (Fsp3) is 0.526. The van der Waals surface area contributed by atoms with Gasteiger partial charge in [-0.1, -0.05) is 12.1 Å². The predicted octanol–water partition coefficient (Wildman–Crippen LogP) is 0.950. The monoisotopic (exact) mass is 358 g/mol. The highest BCUT2D eigenvalue weighted by Crippen LogP contribution is 2.16. The minimum atomic E-state index is -0.104. The Morgan fingerprint density at radius 3 is 2.42 bits per heavy atom. The van der Waals surface area contributed by atoms with E-state index in [0.29, 0.717) is 44.0 Å². The maximum Gasteiger partial charge on any atom is 0.260 e. The SMILES string of the molecule is CCN(CC)C(=O)CN1CCN(C(=O)COc2ccccc2C#N)CC1. The predicted molar refractivity (Wildman–Crippen MR) is 97.6 cm³/mol. The molecular weight excluding hydrogens is 332 g/mol. The quantitative estimate of drug-likeness (QED) is 0.725. The van der Waals surface area contributed by atoms with Crippen molar-refractivity contribution in [3.63, 3.8) is 0 Å². The lowest BCUT2D eigenvalue weighted by atomic mass is 10.2. The van der Waals surface area contributed by atoms with Crippen LogP contribution in [0.5, 0.6) is 5.75 Å². The number of nitriles is 1. The number of nitrogens with zero attached hydrogens (tertiary/aromatic N) is 4. The molecule has 1 aromatic rings. The van der Waals surface area contributed by atoms with Crippen LogP contribution < -0.4 is 4.74 Å². The number of amides is 2. The zero-order chi connectivity index (χ0) is 18.9. The molecule has 26 heavy (non-hydrogen) atoms. The Balaban J connectivity index is 1.78. The van der Waals surface area contributed by atoms with E-state index in [1.165, 1.54) is 0 Å². The first-order valence-corrected chi connectivity index (χ1v) is 8.98. The van der Waals surface area contributed by atoms with Crippen LogP contribution >= 0.6 is 0 Å². The molecule has 1 aromatic carbocycles. The molecule has 140 valence electrons. The van der Waals surface area contributed by atoms with Crippen LogP contribution in [0.2, 0.25) is 0 Å². The summed E-state index contributed by atoms with van der Waals surface area (Å²) in [7, 11) is 0. The zero-order valence-corrected chi connectivity index (χ0v) is 15.5. The van der Waals surface area contributed by atoms with Gasteiger partial charge in [0.25, 0.3) is 5.91 Å². The summed E-state index contributed by atoms with van der Waals surface area (Å²) < 4.78 is 5.51. The molecule has 1 fully saturated rings. The van der Waals surface area contributed by atoms with E-state index >= 15 is 0 Å². The van der Waals surface area contributed by atoms with E-state index in [1.54, 1.807) is 29.2 Å². The lowest BCUT2D eigenvalue weighted by molar-refractivity contribution is -0.136. The summed E-state index contributed by atoms with van der Waals surface area (Å²) in [5.41, 5.74) is 0.417. The molecule has 7 heteroatoms. The third-order valence-corrected chi connectivity index (χ3v) is 4.56. The molecular formula is C19H26N4O3. The van der Waals surface area contributed by atoms with E-state index in [0.717, 1.165) is 13.1 Å². The first kappa shape index (κ1) is 19.7. The molecule has 0 aromatic heterocycles. The van der Waals surface area contributed by atoms with Crippen molar-refractivity contribution in [2.24, 2.45) is 0 Å². The highest BCUT2D eigenvalue weighted by molar-refractivity contribution is 5.79. The summed E-state index contributed by atoms with van der Waals surface area (Å²) in [6.45, 7) is 8.20. The Morgan fingerprint density at radius 2 is 1.81 bits per heavy atom. The third-order valence-electron chi connectivity index (χ3n) is 4.56. The Kier molecular flexibility index (Phi) is 7.42. The Bertz CT molecular complexity index is 659. The second-order valence-corrected chi connectivity index (χ2v) is 6.12. The molecule has 1 heterocycles. The molecule has 0 radical (unpaired) electrons. The second-order valence-electron chi connectivity index (χ2n) is 6.12. The smallest absolute Gasteiger partial charge is 0.260 e. The zero-order valence-electron chi connectivity index (χ0n) is 15.5. The fourth-order valence-electron chi connectivity index (χ4n) is 2.94. The topological polar surface area (TPSA) is 76.9 Å². The van der Waals surface area contributed by atoms with Crippen LogP contribution in [0.3, 0.4) is 0 Å². The molecule has 0 spiro atoms. The van der Waals surface area contributed by atoms with Gasteiger partial charge in [0.15, 0.2) is 6.61 Å². The van der Waals surface area contributed by atoms with Gasteiger partial charge in [-0.25, -0.2) is 0 Å². The van der Waals surface area contributed by atoms with Crippen molar-refractivity contribution in [3.05, 3.63) is 29.8 Å². The van der Waals surface area contributed by atoms with Crippen molar-refractivity contribution in [2.75, 3.05) is 52.4 Å². The van der Waals surface area contributed by atoms with E-state index in [2.05, 4.69) is 4.90 Å². The number of carbonyl (C=O) groups is 2. The average molecular weight is 358 g/mol. The van der Waals surface area contributed by atoms with Crippen molar-refractivity contribution >= 4 is 11.8 Å². The molecule has 0 bridgehead atoms. The van der Waals surface area contributed by atoms with Gasteiger partial charge in [0.2, 0.25) is 5.91 Å². The summed E-state index contributed by atoms with van der Waals surface area (Å²) >= 11 is 0. The normalized spacial score (nSPS) is 14.6. The van der Waals surface area contributed by atoms with E-state index < -0.39 is 0 Å². The van der Waals surface area contributed by atoms with Crippen molar-refractivity contribution in [1.29, 1.82) is 5.26 Å². The van der Waals surface area contributed by atoms with Crippen LogP contribution in [0, 0.1) is 11.3 Å². The number of ether oxygens (including phenoxy) is 1. The summed E-state index contributed by atoms with van der Waals surface area (Å²) in [6, 6.07) is 8.92. The van der Waals surface area contributed by atoms with E-state index in [-0.39, 0.29) is 18.4 Å². The molecule has 0 N–H and O–H groups in total. The van der Waals surface area contributed by atoms with Gasteiger partial charge >= 0.3 is 0 Å². The van der Waals surface area contributed by atoms with Gasteiger partial charge in [-0.15, -0.1) is 0 Å². The molecule has 0 unspecified atom stereocenters. The molecule has 1 saturated heterocycles. The Labute approximate surface area is 154 Å². The minimum absolute atomic E-state index is 0.0862. The van der Waals surface area contributed by atoms with Gasteiger partial charge in [-0.05, 0) is 26.0 Å². The van der Waals surface area contributed by atoms with Crippen LogP contribution in [-0.2, 0) is 9.59 Å². The summed E-state index contributed by atoms with van der Waals surface area (Å²) in [6.07, 6.45) is 0. The molecule has 0 atom stereocenters. The van der Waals surface area contributed by atoms with Gasteiger partial charge in [0.1, 0.15) is 11.8 Å². The van der Waals surface area contributed by atoms with Crippen molar-refractivity contribution in [2.45, 2.75) is 13.8 Å². The highest BCUT2D eigenvalue weighted by Gasteiger charge is 2.23. The molecule has 1 aliphatic rings. The molecule has 0 saturated carbocycles.